The molecule has 0 amide bonds. The van der Waals surface area contributed by atoms with E-state index in [1.807, 2.05) is 13.8 Å². The van der Waals surface area contributed by atoms with Crippen molar-refractivity contribution < 1.29 is 18.3 Å². The molecule has 0 radical (unpaired) electrons. The van der Waals surface area contributed by atoms with Crippen LogP contribution in [0.3, 0.4) is 0 Å². The second-order valence-corrected chi connectivity index (χ2v) is 4.85. The molecule has 0 aliphatic heterocycles. The number of alkyl halides is 3. The van der Waals surface area contributed by atoms with Crippen molar-refractivity contribution in [2.45, 2.75) is 38.6 Å². The molecular weight excluding hydrogens is 279 g/mol. The van der Waals surface area contributed by atoms with E-state index in [4.69, 9.17) is 5.73 Å². The first-order chi connectivity index (χ1) is 8.21. The molecule has 0 spiro atoms. The lowest BCUT2D eigenvalue weighted by Crippen LogP contribution is -2.27. The van der Waals surface area contributed by atoms with E-state index in [-0.39, 0.29) is 18.3 Å². The van der Waals surface area contributed by atoms with Crippen LogP contribution in [0.15, 0.2) is 24.3 Å². The first-order valence-electron chi connectivity index (χ1n) is 5.82. The van der Waals surface area contributed by atoms with Crippen molar-refractivity contribution >= 4 is 12.4 Å². The highest BCUT2D eigenvalue weighted by Gasteiger charge is 2.31. The van der Waals surface area contributed by atoms with Gasteiger partial charge in [-0.1, -0.05) is 26.0 Å². The smallest absolute Gasteiger partial charge is 0.391 e. The van der Waals surface area contributed by atoms with Crippen LogP contribution in [0.2, 0.25) is 0 Å². The highest BCUT2D eigenvalue weighted by molar-refractivity contribution is 5.85. The van der Waals surface area contributed by atoms with Crippen LogP contribution in [0.25, 0.3) is 0 Å². The molecule has 1 rings (SSSR count). The second kappa shape index (κ2) is 7.12. The quantitative estimate of drug-likeness (QED) is 0.893. The molecule has 0 bridgehead atoms. The van der Waals surface area contributed by atoms with Crippen LogP contribution in [-0.2, 0) is 6.18 Å². The lowest BCUT2D eigenvalue weighted by atomic mass is 9.94. The van der Waals surface area contributed by atoms with Crippen molar-refractivity contribution in [3.63, 3.8) is 0 Å². The average molecular weight is 298 g/mol. The van der Waals surface area contributed by atoms with Gasteiger partial charge in [0.15, 0.2) is 0 Å². The number of benzene rings is 1. The monoisotopic (exact) mass is 297 g/mol. The van der Waals surface area contributed by atoms with Gasteiger partial charge in [0, 0.05) is 0 Å². The van der Waals surface area contributed by atoms with Gasteiger partial charge in [0.05, 0.1) is 17.7 Å². The average Bonchev–Trinajstić information content (AvgIpc) is 2.26. The van der Waals surface area contributed by atoms with Gasteiger partial charge in [-0.2, -0.15) is 13.2 Å². The van der Waals surface area contributed by atoms with Crippen LogP contribution in [0.5, 0.6) is 0 Å². The Morgan fingerprint density at radius 3 is 2.32 bits per heavy atom. The van der Waals surface area contributed by atoms with Crippen LogP contribution in [-0.4, -0.2) is 11.2 Å². The summed E-state index contributed by atoms with van der Waals surface area (Å²) in [6, 6.07) is 4.00. The van der Waals surface area contributed by atoms with Gasteiger partial charge >= 0.3 is 6.18 Å². The highest BCUT2D eigenvalue weighted by Crippen LogP contribution is 2.31. The molecular formula is C13H19ClF3NO. The van der Waals surface area contributed by atoms with Crippen molar-refractivity contribution in [2.24, 2.45) is 11.7 Å². The van der Waals surface area contributed by atoms with Crippen LogP contribution in [0, 0.1) is 5.92 Å². The van der Waals surface area contributed by atoms with E-state index in [1.165, 1.54) is 12.1 Å². The first-order valence-corrected chi connectivity index (χ1v) is 5.82. The summed E-state index contributed by atoms with van der Waals surface area (Å²) in [6.07, 6.45) is -4.77. The minimum Gasteiger partial charge on any atom is -0.391 e. The molecule has 0 saturated heterocycles. The van der Waals surface area contributed by atoms with E-state index < -0.39 is 23.9 Å². The molecule has 1 aromatic rings. The first kappa shape index (κ1) is 18.2. The molecule has 2 nitrogen and oxygen atoms in total. The summed E-state index contributed by atoms with van der Waals surface area (Å²) in [5.41, 5.74) is 5.34. The third-order valence-corrected chi connectivity index (χ3v) is 2.73. The zero-order valence-corrected chi connectivity index (χ0v) is 11.6. The standard InChI is InChI=1S/C13H18F3NO.ClH/c1-8(2)6-11(18)12(17)9-4-3-5-10(7-9)13(14,15)16;/h3-5,7-8,11-12,18H,6,17H2,1-2H3;1H/t11-,12+;/m0./s1. The predicted molar refractivity (Wildman–Crippen MR) is 71.1 cm³/mol. The number of nitrogens with two attached hydrogens (primary N) is 1. The molecule has 0 aliphatic carbocycles. The zero-order valence-electron chi connectivity index (χ0n) is 10.8. The van der Waals surface area contributed by atoms with Gasteiger partial charge in [-0.05, 0) is 30.0 Å². The topological polar surface area (TPSA) is 46.2 Å². The van der Waals surface area contributed by atoms with Crippen molar-refractivity contribution in [3.8, 4) is 0 Å². The van der Waals surface area contributed by atoms with Crippen LogP contribution >= 0.6 is 12.4 Å². The number of aliphatic hydroxyl groups is 1. The van der Waals surface area contributed by atoms with Crippen LogP contribution < -0.4 is 5.73 Å². The molecule has 2 atom stereocenters. The summed E-state index contributed by atoms with van der Waals surface area (Å²) in [5.74, 6) is 0.233. The Morgan fingerprint density at radius 1 is 1.26 bits per heavy atom. The van der Waals surface area contributed by atoms with Crippen molar-refractivity contribution in [1.82, 2.24) is 0 Å². The maximum atomic E-state index is 12.5. The molecule has 0 aromatic heterocycles. The Bertz CT molecular complexity index is 396. The number of hydrogen-bond acceptors (Lipinski definition) is 2. The van der Waals surface area contributed by atoms with Gasteiger partial charge in [0.1, 0.15) is 0 Å². The highest BCUT2D eigenvalue weighted by atomic mass is 35.5. The largest absolute Gasteiger partial charge is 0.416 e. The zero-order chi connectivity index (χ0) is 13.9. The fourth-order valence-electron chi connectivity index (χ4n) is 1.77. The summed E-state index contributed by atoms with van der Waals surface area (Å²) in [4.78, 5) is 0. The lowest BCUT2D eigenvalue weighted by molar-refractivity contribution is -0.137. The van der Waals surface area contributed by atoms with Crippen molar-refractivity contribution in [1.29, 1.82) is 0 Å². The summed E-state index contributed by atoms with van der Waals surface area (Å²) in [7, 11) is 0. The van der Waals surface area contributed by atoms with Crippen molar-refractivity contribution in [3.05, 3.63) is 35.4 Å². The Labute approximate surface area is 117 Å². The summed E-state index contributed by atoms with van der Waals surface area (Å²) >= 11 is 0. The van der Waals surface area contributed by atoms with Gasteiger partial charge in [-0.3, -0.25) is 0 Å². The summed E-state index contributed by atoms with van der Waals surface area (Å²) in [5, 5.41) is 9.83. The fraction of sp³-hybridized carbons (Fsp3) is 0.538. The van der Waals surface area contributed by atoms with Gasteiger partial charge in [0.25, 0.3) is 0 Å². The molecule has 6 heteroatoms. The third kappa shape index (κ3) is 5.38. The minimum absolute atomic E-state index is 0. The molecule has 1 aromatic carbocycles. The Hall–Kier alpha value is -0.780. The van der Waals surface area contributed by atoms with E-state index in [9.17, 15) is 18.3 Å². The van der Waals surface area contributed by atoms with Crippen molar-refractivity contribution in [2.75, 3.05) is 0 Å². The number of aliphatic hydroxyl groups excluding tert-OH is 1. The summed E-state index contributed by atoms with van der Waals surface area (Å²) in [6.45, 7) is 3.84. The van der Waals surface area contributed by atoms with Gasteiger partial charge in [-0.25, -0.2) is 0 Å². The maximum absolute atomic E-state index is 12.5. The molecule has 3 N–H and O–H groups in total. The normalized spacial score (nSPS) is 14.9. The van der Waals surface area contributed by atoms with E-state index >= 15 is 0 Å². The Kier molecular flexibility index (Phi) is 6.83. The predicted octanol–water partition coefficient (Wildman–Crippen LogP) is 3.53. The van der Waals surface area contributed by atoms with Gasteiger partial charge < -0.3 is 10.8 Å². The van der Waals surface area contributed by atoms with Crippen LogP contribution in [0.1, 0.15) is 37.4 Å². The number of hydrogen-bond donors (Lipinski definition) is 2. The molecule has 0 saturated carbocycles. The SMILES string of the molecule is CC(C)C[C@H](O)[C@H](N)c1cccc(C(F)(F)F)c1.Cl. The van der Waals surface area contributed by atoms with E-state index in [1.54, 1.807) is 0 Å². The molecule has 0 aliphatic rings. The Balaban J connectivity index is 0.00000324. The van der Waals surface area contributed by atoms with Crippen LogP contribution in [0.4, 0.5) is 13.2 Å². The van der Waals surface area contributed by atoms with E-state index in [2.05, 4.69) is 0 Å². The maximum Gasteiger partial charge on any atom is 0.416 e. The number of rotatable bonds is 4. The van der Waals surface area contributed by atoms with Gasteiger partial charge in [0.2, 0.25) is 0 Å². The lowest BCUT2D eigenvalue weighted by Gasteiger charge is -2.21. The van der Waals surface area contributed by atoms with Gasteiger partial charge in [-0.15, -0.1) is 12.4 Å². The summed E-state index contributed by atoms with van der Waals surface area (Å²) < 4.78 is 37.6. The van der Waals surface area contributed by atoms with E-state index in [0.29, 0.717) is 12.0 Å². The molecule has 19 heavy (non-hydrogen) atoms. The molecule has 0 unspecified atom stereocenters. The molecule has 0 heterocycles. The molecule has 0 fully saturated rings. The Morgan fingerprint density at radius 2 is 1.84 bits per heavy atom. The second-order valence-electron chi connectivity index (χ2n) is 4.85. The minimum atomic E-state index is -4.39. The molecule has 110 valence electrons. The van der Waals surface area contributed by atoms with E-state index in [0.717, 1.165) is 12.1 Å². The fourth-order valence-corrected chi connectivity index (χ4v) is 1.77. The third-order valence-electron chi connectivity index (χ3n) is 2.73. The number of halogens is 4.